The molecule has 0 aromatic carbocycles. The largest absolute Gasteiger partial charge is 0.336 e. The van der Waals surface area contributed by atoms with E-state index in [1.54, 1.807) is 0 Å². The average Bonchev–Trinajstić information content (AvgIpc) is 2.86. The zero-order valence-electron chi connectivity index (χ0n) is 8.33. The van der Waals surface area contributed by atoms with Gasteiger partial charge in [0.25, 0.3) is 0 Å². The van der Waals surface area contributed by atoms with Gasteiger partial charge in [-0.3, -0.25) is 0 Å². The van der Waals surface area contributed by atoms with Crippen LogP contribution in [0.25, 0.3) is 0 Å². The Balaban J connectivity index is 2.14. The molecule has 0 spiro atoms. The van der Waals surface area contributed by atoms with E-state index in [1.807, 2.05) is 12.5 Å². The van der Waals surface area contributed by atoms with Crippen LogP contribution in [-0.4, -0.2) is 16.1 Å². The number of rotatable bonds is 4. The highest BCUT2D eigenvalue weighted by molar-refractivity contribution is 5.09. The Morgan fingerprint density at radius 3 is 2.92 bits per heavy atom. The van der Waals surface area contributed by atoms with Gasteiger partial charge in [-0.2, -0.15) is 0 Å². The van der Waals surface area contributed by atoms with Crippen LogP contribution in [0, 0.1) is 5.92 Å². The van der Waals surface area contributed by atoms with Crippen molar-refractivity contribution in [3.05, 3.63) is 18.2 Å². The average molecular weight is 179 g/mol. The number of aromatic nitrogens is 2. The van der Waals surface area contributed by atoms with E-state index < -0.39 is 0 Å². The molecule has 1 unspecified atom stereocenters. The van der Waals surface area contributed by atoms with Crippen molar-refractivity contribution in [1.82, 2.24) is 14.9 Å². The Morgan fingerprint density at radius 1 is 1.69 bits per heavy atom. The van der Waals surface area contributed by atoms with E-state index >= 15 is 0 Å². The Bertz CT molecular complexity index is 275. The molecular weight excluding hydrogens is 162 g/mol. The molecule has 1 aromatic heterocycles. The third-order valence-electron chi connectivity index (χ3n) is 2.69. The molecule has 0 aliphatic heterocycles. The second-order valence-electron chi connectivity index (χ2n) is 3.80. The van der Waals surface area contributed by atoms with E-state index in [0.29, 0.717) is 6.04 Å². The molecule has 0 saturated heterocycles. The van der Waals surface area contributed by atoms with Gasteiger partial charge in [-0.25, -0.2) is 4.98 Å². The molecule has 1 fully saturated rings. The molecule has 1 saturated carbocycles. The Hall–Kier alpha value is -0.830. The van der Waals surface area contributed by atoms with Crippen LogP contribution in [0.2, 0.25) is 0 Å². The number of aryl methyl sites for hydroxylation is 1. The van der Waals surface area contributed by atoms with Gasteiger partial charge in [0.1, 0.15) is 0 Å². The molecule has 1 aromatic rings. The first kappa shape index (κ1) is 8.75. The van der Waals surface area contributed by atoms with Gasteiger partial charge in [-0.05, 0) is 25.3 Å². The van der Waals surface area contributed by atoms with Crippen molar-refractivity contribution < 1.29 is 0 Å². The fraction of sp³-hybridized carbons (Fsp3) is 0.700. The number of hydrogen-bond donors (Lipinski definition) is 1. The maximum absolute atomic E-state index is 4.16. The summed E-state index contributed by atoms with van der Waals surface area (Å²) < 4.78 is 2.12. The lowest BCUT2D eigenvalue weighted by atomic mass is 10.1. The predicted molar refractivity (Wildman–Crippen MR) is 52.3 cm³/mol. The molecule has 1 aliphatic carbocycles. The first-order chi connectivity index (χ1) is 6.33. The summed E-state index contributed by atoms with van der Waals surface area (Å²) in [5.41, 5.74) is 1.32. The number of nitrogens with one attached hydrogen (secondary N) is 1. The highest BCUT2D eigenvalue weighted by Gasteiger charge is 2.32. The molecule has 2 rings (SSSR count). The molecule has 1 heterocycles. The van der Waals surface area contributed by atoms with E-state index in [2.05, 4.69) is 28.8 Å². The van der Waals surface area contributed by atoms with Crippen LogP contribution >= 0.6 is 0 Å². The normalized spacial score (nSPS) is 18.9. The minimum atomic E-state index is 0.525. The van der Waals surface area contributed by atoms with Gasteiger partial charge < -0.3 is 9.88 Å². The standard InChI is InChI=1S/C10H17N3/c1-3-12-10(8-4-5-8)9-6-11-7-13(9)2/h6-8,10,12H,3-5H2,1-2H3. The Morgan fingerprint density at radius 2 is 2.46 bits per heavy atom. The fourth-order valence-electron chi connectivity index (χ4n) is 1.83. The summed E-state index contributed by atoms with van der Waals surface area (Å²) in [5, 5.41) is 3.53. The summed E-state index contributed by atoms with van der Waals surface area (Å²) in [6.07, 6.45) is 6.58. The van der Waals surface area contributed by atoms with Gasteiger partial charge in [-0.15, -0.1) is 0 Å². The van der Waals surface area contributed by atoms with Gasteiger partial charge in [0.2, 0.25) is 0 Å². The molecule has 3 heteroatoms. The van der Waals surface area contributed by atoms with Gasteiger partial charge in [0, 0.05) is 13.2 Å². The molecule has 1 atom stereocenters. The van der Waals surface area contributed by atoms with Crippen molar-refractivity contribution in [3.63, 3.8) is 0 Å². The SMILES string of the molecule is CCNC(c1cncn1C)C1CC1. The molecule has 0 radical (unpaired) electrons. The first-order valence-electron chi connectivity index (χ1n) is 5.02. The van der Waals surface area contributed by atoms with Crippen LogP contribution in [0.1, 0.15) is 31.5 Å². The summed E-state index contributed by atoms with van der Waals surface area (Å²) in [4.78, 5) is 4.16. The quantitative estimate of drug-likeness (QED) is 0.758. The fourth-order valence-corrected chi connectivity index (χ4v) is 1.83. The van der Waals surface area contributed by atoms with Crippen LogP contribution in [0.3, 0.4) is 0 Å². The molecule has 0 bridgehead atoms. The van der Waals surface area contributed by atoms with E-state index in [-0.39, 0.29) is 0 Å². The predicted octanol–water partition coefficient (Wildman–Crippen LogP) is 1.48. The highest BCUT2D eigenvalue weighted by Crippen LogP contribution is 2.40. The molecule has 1 N–H and O–H groups in total. The lowest BCUT2D eigenvalue weighted by Crippen LogP contribution is -2.24. The summed E-state index contributed by atoms with van der Waals surface area (Å²) in [6.45, 7) is 3.19. The smallest absolute Gasteiger partial charge is 0.0946 e. The second kappa shape index (κ2) is 3.50. The van der Waals surface area contributed by atoms with Gasteiger partial charge >= 0.3 is 0 Å². The Kier molecular flexibility index (Phi) is 2.36. The van der Waals surface area contributed by atoms with Crippen LogP contribution in [0.15, 0.2) is 12.5 Å². The summed E-state index contributed by atoms with van der Waals surface area (Å²) >= 11 is 0. The van der Waals surface area contributed by atoms with Crippen molar-refractivity contribution in [1.29, 1.82) is 0 Å². The van der Waals surface area contributed by atoms with E-state index in [1.165, 1.54) is 18.5 Å². The maximum Gasteiger partial charge on any atom is 0.0946 e. The van der Waals surface area contributed by atoms with E-state index in [0.717, 1.165) is 12.5 Å². The van der Waals surface area contributed by atoms with Crippen molar-refractivity contribution in [3.8, 4) is 0 Å². The van der Waals surface area contributed by atoms with E-state index in [4.69, 9.17) is 0 Å². The molecular formula is C10H17N3. The zero-order valence-corrected chi connectivity index (χ0v) is 8.33. The molecule has 13 heavy (non-hydrogen) atoms. The molecule has 1 aliphatic rings. The van der Waals surface area contributed by atoms with Gasteiger partial charge in [-0.1, -0.05) is 6.92 Å². The van der Waals surface area contributed by atoms with Crippen LogP contribution < -0.4 is 5.32 Å². The topological polar surface area (TPSA) is 29.9 Å². The number of hydrogen-bond acceptors (Lipinski definition) is 2. The minimum absolute atomic E-state index is 0.525. The maximum atomic E-state index is 4.16. The third-order valence-corrected chi connectivity index (χ3v) is 2.69. The van der Waals surface area contributed by atoms with Crippen molar-refractivity contribution in [2.24, 2.45) is 13.0 Å². The zero-order chi connectivity index (χ0) is 9.26. The second-order valence-corrected chi connectivity index (χ2v) is 3.80. The highest BCUT2D eigenvalue weighted by atomic mass is 15.1. The first-order valence-corrected chi connectivity index (χ1v) is 5.02. The Labute approximate surface area is 79.2 Å². The molecule has 0 amide bonds. The van der Waals surface area contributed by atoms with Crippen LogP contribution in [0.4, 0.5) is 0 Å². The summed E-state index contributed by atoms with van der Waals surface area (Å²) in [6, 6.07) is 0.525. The van der Waals surface area contributed by atoms with Crippen molar-refractivity contribution >= 4 is 0 Å². The molecule has 72 valence electrons. The van der Waals surface area contributed by atoms with Crippen molar-refractivity contribution in [2.75, 3.05) is 6.54 Å². The van der Waals surface area contributed by atoms with Crippen molar-refractivity contribution in [2.45, 2.75) is 25.8 Å². The lowest BCUT2D eigenvalue weighted by molar-refractivity contribution is 0.472. The van der Waals surface area contributed by atoms with Crippen LogP contribution in [-0.2, 0) is 7.05 Å². The summed E-state index contributed by atoms with van der Waals surface area (Å²) in [5.74, 6) is 0.843. The van der Waals surface area contributed by atoms with E-state index in [9.17, 15) is 0 Å². The van der Waals surface area contributed by atoms with Crippen LogP contribution in [0.5, 0.6) is 0 Å². The number of nitrogens with zero attached hydrogens (tertiary/aromatic N) is 2. The van der Waals surface area contributed by atoms with Gasteiger partial charge in [0.15, 0.2) is 0 Å². The number of imidazole rings is 1. The molecule has 3 nitrogen and oxygen atoms in total. The lowest BCUT2D eigenvalue weighted by Gasteiger charge is -2.17. The monoisotopic (exact) mass is 179 g/mol. The third kappa shape index (κ3) is 1.75. The minimum Gasteiger partial charge on any atom is -0.336 e. The van der Waals surface area contributed by atoms with Gasteiger partial charge in [0.05, 0.1) is 18.1 Å². The summed E-state index contributed by atoms with van der Waals surface area (Å²) in [7, 11) is 2.06.